The largest absolute Gasteiger partial charge is 0.479 e. The van der Waals surface area contributed by atoms with Gasteiger partial charge in [-0.05, 0) is 47.6 Å². The monoisotopic (exact) mass is 276 g/mol. The molecule has 0 aromatic heterocycles. The summed E-state index contributed by atoms with van der Waals surface area (Å²) >= 11 is 0. The number of aliphatic hydroxyl groups excluding tert-OH is 1. The minimum Gasteiger partial charge on any atom is -0.479 e. The highest BCUT2D eigenvalue weighted by molar-refractivity contribution is 5.74. The predicted octanol–water partition coefficient (Wildman–Crippen LogP) is 3.73. The van der Waals surface area contributed by atoms with E-state index < -0.39 is 12.1 Å². The smallest absolute Gasteiger partial charge is 0.337 e. The Hall–Kier alpha value is -1.35. The molecule has 0 amide bonds. The number of aliphatic hydroxyl groups is 1. The topological polar surface area (TPSA) is 57.5 Å². The standard InChI is InChI=1S/C17H24O3/c1-11-8-12(10-17(2,3)9-11)13-6-4-5-7-14(13)15(18)16(19)20/h4-7,11-12,15,18H,8-10H2,1-3H3,(H,19,20). The van der Waals surface area contributed by atoms with Crippen molar-refractivity contribution in [3.8, 4) is 0 Å². The Morgan fingerprint density at radius 1 is 1.30 bits per heavy atom. The molecule has 2 rings (SSSR count). The fraction of sp³-hybridized carbons (Fsp3) is 0.588. The molecule has 3 nitrogen and oxygen atoms in total. The van der Waals surface area contributed by atoms with E-state index in [0.717, 1.165) is 18.4 Å². The number of aliphatic carboxylic acids is 1. The van der Waals surface area contributed by atoms with Crippen LogP contribution < -0.4 is 0 Å². The third kappa shape index (κ3) is 3.21. The SMILES string of the molecule is CC1CC(c2ccccc2C(O)C(=O)O)CC(C)(C)C1. The Morgan fingerprint density at radius 2 is 1.95 bits per heavy atom. The third-order valence-electron chi connectivity index (χ3n) is 4.35. The summed E-state index contributed by atoms with van der Waals surface area (Å²) in [7, 11) is 0. The molecule has 0 aliphatic heterocycles. The van der Waals surface area contributed by atoms with Gasteiger partial charge in [0.15, 0.2) is 6.10 Å². The highest BCUT2D eigenvalue weighted by Gasteiger charge is 2.34. The van der Waals surface area contributed by atoms with Crippen LogP contribution >= 0.6 is 0 Å². The van der Waals surface area contributed by atoms with Gasteiger partial charge in [-0.2, -0.15) is 0 Å². The average Bonchev–Trinajstić information content (AvgIpc) is 2.35. The molecule has 1 aromatic carbocycles. The fourth-order valence-corrected chi connectivity index (χ4v) is 3.85. The zero-order chi connectivity index (χ0) is 14.9. The van der Waals surface area contributed by atoms with Crippen molar-refractivity contribution in [3.05, 3.63) is 35.4 Å². The molecule has 3 atom stereocenters. The van der Waals surface area contributed by atoms with E-state index in [4.69, 9.17) is 5.11 Å². The van der Waals surface area contributed by atoms with Crippen LogP contribution in [0.15, 0.2) is 24.3 Å². The number of rotatable bonds is 3. The Labute approximate surface area is 120 Å². The molecule has 0 radical (unpaired) electrons. The second-order valence-electron chi connectivity index (χ2n) is 6.98. The van der Waals surface area contributed by atoms with Crippen LogP contribution in [0.5, 0.6) is 0 Å². The molecule has 110 valence electrons. The molecule has 0 heterocycles. The van der Waals surface area contributed by atoms with E-state index in [1.54, 1.807) is 12.1 Å². The Balaban J connectivity index is 2.35. The molecule has 0 spiro atoms. The van der Waals surface area contributed by atoms with Gasteiger partial charge in [0.05, 0.1) is 0 Å². The molecule has 1 aliphatic carbocycles. The van der Waals surface area contributed by atoms with Crippen molar-refractivity contribution < 1.29 is 15.0 Å². The summed E-state index contributed by atoms with van der Waals surface area (Å²) in [5, 5.41) is 19.0. The van der Waals surface area contributed by atoms with Crippen LogP contribution in [0.2, 0.25) is 0 Å². The predicted molar refractivity (Wildman–Crippen MR) is 78.6 cm³/mol. The van der Waals surface area contributed by atoms with Gasteiger partial charge in [0.25, 0.3) is 0 Å². The van der Waals surface area contributed by atoms with Crippen LogP contribution in [-0.2, 0) is 4.79 Å². The lowest BCUT2D eigenvalue weighted by Gasteiger charge is -2.40. The van der Waals surface area contributed by atoms with E-state index in [1.807, 2.05) is 12.1 Å². The maximum Gasteiger partial charge on any atom is 0.337 e. The van der Waals surface area contributed by atoms with Crippen molar-refractivity contribution in [2.45, 2.75) is 52.1 Å². The fourth-order valence-electron chi connectivity index (χ4n) is 3.85. The summed E-state index contributed by atoms with van der Waals surface area (Å²) in [6.07, 6.45) is 1.88. The van der Waals surface area contributed by atoms with E-state index in [9.17, 15) is 9.90 Å². The molecule has 1 fully saturated rings. The van der Waals surface area contributed by atoms with Crippen LogP contribution in [0.4, 0.5) is 0 Å². The third-order valence-corrected chi connectivity index (χ3v) is 4.35. The highest BCUT2D eigenvalue weighted by atomic mass is 16.4. The second kappa shape index (κ2) is 5.57. The summed E-state index contributed by atoms with van der Waals surface area (Å²) in [4.78, 5) is 11.1. The number of carboxylic acids is 1. The maximum absolute atomic E-state index is 11.1. The summed E-state index contributed by atoms with van der Waals surface area (Å²) in [6.45, 7) is 6.79. The van der Waals surface area contributed by atoms with Crippen molar-refractivity contribution in [2.24, 2.45) is 11.3 Å². The van der Waals surface area contributed by atoms with Gasteiger partial charge in [-0.1, -0.05) is 45.0 Å². The van der Waals surface area contributed by atoms with Crippen molar-refractivity contribution in [1.82, 2.24) is 0 Å². The quantitative estimate of drug-likeness (QED) is 0.884. The first-order valence-electron chi connectivity index (χ1n) is 7.30. The Bertz CT molecular complexity index is 493. The summed E-state index contributed by atoms with van der Waals surface area (Å²) < 4.78 is 0. The van der Waals surface area contributed by atoms with E-state index in [2.05, 4.69) is 20.8 Å². The number of carbonyl (C=O) groups is 1. The van der Waals surface area contributed by atoms with E-state index in [1.165, 1.54) is 6.42 Å². The Morgan fingerprint density at radius 3 is 2.55 bits per heavy atom. The van der Waals surface area contributed by atoms with Gasteiger partial charge < -0.3 is 10.2 Å². The molecule has 0 bridgehead atoms. The molecule has 1 saturated carbocycles. The van der Waals surface area contributed by atoms with Crippen LogP contribution in [-0.4, -0.2) is 16.2 Å². The summed E-state index contributed by atoms with van der Waals surface area (Å²) in [5.74, 6) is -0.224. The lowest BCUT2D eigenvalue weighted by Crippen LogP contribution is -2.27. The van der Waals surface area contributed by atoms with Gasteiger partial charge in [0.1, 0.15) is 0 Å². The molecular weight excluding hydrogens is 252 g/mol. The van der Waals surface area contributed by atoms with Crippen molar-refractivity contribution >= 4 is 5.97 Å². The lowest BCUT2D eigenvalue weighted by atomic mass is 9.65. The Kier molecular flexibility index (Phi) is 4.19. The lowest BCUT2D eigenvalue weighted by molar-refractivity contribution is -0.147. The van der Waals surface area contributed by atoms with Gasteiger partial charge >= 0.3 is 5.97 Å². The van der Waals surface area contributed by atoms with Crippen LogP contribution in [0.3, 0.4) is 0 Å². The first-order valence-corrected chi connectivity index (χ1v) is 7.30. The van der Waals surface area contributed by atoms with Crippen LogP contribution in [0.1, 0.15) is 63.2 Å². The van der Waals surface area contributed by atoms with Gasteiger partial charge in [-0.25, -0.2) is 4.79 Å². The molecule has 1 aromatic rings. The van der Waals surface area contributed by atoms with Crippen LogP contribution in [0.25, 0.3) is 0 Å². The van der Waals surface area contributed by atoms with Crippen molar-refractivity contribution in [1.29, 1.82) is 0 Å². The summed E-state index contributed by atoms with van der Waals surface area (Å²) in [6, 6.07) is 7.43. The first kappa shape index (κ1) is 15.0. The number of hydrogen-bond donors (Lipinski definition) is 2. The van der Waals surface area contributed by atoms with Gasteiger partial charge in [-0.15, -0.1) is 0 Å². The first-order chi connectivity index (χ1) is 9.30. The van der Waals surface area contributed by atoms with Crippen LogP contribution in [0, 0.1) is 11.3 Å². The number of hydrogen-bond acceptors (Lipinski definition) is 2. The molecule has 1 aliphatic rings. The number of benzene rings is 1. The minimum atomic E-state index is -1.42. The second-order valence-corrected chi connectivity index (χ2v) is 6.98. The van der Waals surface area contributed by atoms with Crippen molar-refractivity contribution in [2.75, 3.05) is 0 Å². The highest BCUT2D eigenvalue weighted by Crippen LogP contribution is 2.47. The molecule has 20 heavy (non-hydrogen) atoms. The molecule has 3 unspecified atom stereocenters. The van der Waals surface area contributed by atoms with Gasteiger partial charge in [0, 0.05) is 0 Å². The normalized spacial score (nSPS) is 27.0. The zero-order valence-corrected chi connectivity index (χ0v) is 12.5. The molecule has 0 saturated heterocycles. The van der Waals surface area contributed by atoms with E-state index in [0.29, 0.717) is 17.4 Å². The van der Waals surface area contributed by atoms with Gasteiger partial charge in [-0.3, -0.25) is 0 Å². The van der Waals surface area contributed by atoms with E-state index in [-0.39, 0.29) is 5.41 Å². The molecule has 2 N–H and O–H groups in total. The van der Waals surface area contributed by atoms with Gasteiger partial charge in [0.2, 0.25) is 0 Å². The molecular formula is C17H24O3. The van der Waals surface area contributed by atoms with E-state index >= 15 is 0 Å². The zero-order valence-electron chi connectivity index (χ0n) is 12.5. The summed E-state index contributed by atoms with van der Waals surface area (Å²) in [5.41, 5.74) is 1.82. The maximum atomic E-state index is 11.1. The average molecular weight is 276 g/mol. The molecule has 3 heteroatoms. The van der Waals surface area contributed by atoms with Crippen molar-refractivity contribution in [3.63, 3.8) is 0 Å². The minimum absolute atomic E-state index is 0.267. The number of carboxylic acid groups (broad SMARTS) is 1.